The third-order valence-electron chi connectivity index (χ3n) is 3.88. The van der Waals surface area contributed by atoms with Gasteiger partial charge in [0.1, 0.15) is 5.82 Å². The first kappa shape index (κ1) is 16.2. The zero-order valence-electron chi connectivity index (χ0n) is 13.2. The molecule has 0 radical (unpaired) electrons. The summed E-state index contributed by atoms with van der Waals surface area (Å²) in [5, 5.41) is 2.88. The zero-order valence-corrected chi connectivity index (χ0v) is 13.2. The number of rotatable bonds is 3. The van der Waals surface area contributed by atoms with Crippen molar-refractivity contribution in [3.63, 3.8) is 0 Å². The van der Waals surface area contributed by atoms with Crippen LogP contribution in [0.25, 0.3) is 0 Å². The molecule has 3 rings (SSSR count). The molecule has 1 aliphatic rings. The summed E-state index contributed by atoms with van der Waals surface area (Å²) in [5.41, 5.74) is 1.66. The Kier molecular flexibility index (Phi) is 5.25. The van der Waals surface area contributed by atoms with E-state index in [1.807, 2.05) is 0 Å². The Morgan fingerprint density at radius 1 is 1.17 bits per heavy atom. The van der Waals surface area contributed by atoms with Crippen LogP contribution in [-0.2, 0) is 4.74 Å². The number of hydrogen-bond donors (Lipinski definition) is 1. The summed E-state index contributed by atoms with van der Waals surface area (Å²) in [6.07, 6.45) is 2.17. The van der Waals surface area contributed by atoms with Crippen molar-refractivity contribution in [2.45, 2.75) is 18.9 Å². The second-order valence-electron chi connectivity index (χ2n) is 5.65. The van der Waals surface area contributed by atoms with E-state index in [9.17, 15) is 9.18 Å². The maximum atomic E-state index is 13.5. The molecular weight excluding hydrogens is 305 g/mol. The van der Waals surface area contributed by atoms with E-state index in [-0.39, 0.29) is 17.8 Å². The quantitative estimate of drug-likeness (QED) is 0.881. The van der Waals surface area contributed by atoms with E-state index in [0.29, 0.717) is 17.7 Å². The highest BCUT2D eigenvalue weighted by atomic mass is 19.1. The molecule has 0 saturated carbocycles. The number of halogens is 1. The Balaban J connectivity index is 1.61. The molecule has 2 aromatic rings. The first-order chi connectivity index (χ1) is 11.7. The highest BCUT2D eigenvalue weighted by Gasteiger charge is 2.16. The summed E-state index contributed by atoms with van der Waals surface area (Å²) in [6, 6.07) is 13.3. The predicted molar refractivity (Wildman–Crippen MR) is 90.1 cm³/mol. The lowest BCUT2D eigenvalue weighted by atomic mass is 10.1. The first-order valence-electron chi connectivity index (χ1n) is 7.99. The Morgan fingerprint density at radius 2 is 1.96 bits per heavy atom. The molecule has 1 fully saturated rings. The van der Waals surface area contributed by atoms with Crippen molar-refractivity contribution in [3.05, 3.63) is 71.0 Å². The number of benzene rings is 2. The van der Waals surface area contributed by atoms with E-state index < -0.39 is 0 Å². The fourth-order valence-corrected chi connectivity index (χ4v) is 2.52. The van der Waals surface area contributed by atoms with Crippen molar-refractivity contribution in [2.24, 2.45) is 0 Å². The molecule has 1 atom stereocenters. The van der Waals surface area contributed by atoms with Crippen molar-refractivity contribution in [1.29, 1.82) is 0 Å². The zero-order chi connectivity index (χ0) is 16.8. The van der Waals surface area contributed by atoms with Gasteiger partial charge in [0.2, 0.25) is 0 Å². The number of carbonyl (C=O) groups excluding carboxylic acids is 1. The molecule has 24 heavy (non-hydrogen) atoms. The second-order valence-corrected chi connectivity index (χ2v) is 5.65. The van der Waals surface area contributed by atoms with Gasteiger partial charge in [-0.2, -0.15) is 0 Å². The summed E-state index contributed by atoms with van der Waals surface area (Å²) in [7, 11) is 0. The summed E-state index contributed by atoms with van der Waals surface area (Å²) >= 11 is 0. The van der Waals surface area contributed by atoms with E-state index in [4.69, 9.17) is 4.74 Å². The SMILES string of the molecule is O=C(NCC1CCCO1)c1ccc(C#Cc2ccccc2F)cc1. The van der Waals surface area contributed by atoms with Gasteiger partial charge in [-0.25, -0.2) is 4.39 Å². The van der Waals surface area contributed by atoms with Crippen molar-refractivity contribution >= 4 is 5.91 Å². The standard InChI is InChI=1S/C20H18FNO2/c21-19-6-2-1-4-16(19)10-7-15-8-11-17(12-9-15)20(23)22-14-18-5-3-13-24-18/h1-2,4,6,8-9,11-12,18H,3,5,13-14H2,(H,22,23). The van der Waals surface area contributed by atoms with Crippen LogP contribution in [0.2, 0.25) is 0 Å². The minimum atomic E-state index is -0.338. The predicted octanol–water partition coefficient (Wildman–Crippen LogP) is 3.13. The smallest absolute Gasteiger partial charge is 0.251 e. The Labute approximate surface area is 140 Å². The topological polar surface area (TPSA) is 38.3 Å². The van der Waals surface area contributed by atoms with Crippen LogP contribution in [0.5, 0.6) is 0 Å². The fourth-order valence-electron chi connectivity index (χ4n) is 2.52. The molecular formula is C20H18FNO2. The summed E-state index contributed by atoms with van der Waals surface area (Å²) in [4.78, 5) is 12.1. The maximum absolute atomic E-state index is 13.5. The van der Waals surface area contributed by atoms with E-state index >= 15 is 0 Å². The lowest BCUT2D eigenvalue weighted by molar-refractivity contribution is 0.0858. The lowest BCUT2D eigenvalue weighted by Crippen LogP contribution is -2.31. The Bertz CT molecular complexity index is 768. The van der Waals surface area contributed by atoms with E-state index in [1.54, 1.807) is 42.5 Å². The van der Waals surface area contributed by atoms with Crippen LogP contribution < -0.4 is 5.32 Å². The van der Waals surface area contributed by atoms with Crippen molar-refractivity contribution in [1.82, 2.24) is 5.32 Å². The van der Waals surface area contributed by atoms with E-state index in [2.05, 4.69) is 17.2 Å². The molecule has 122 valence electrons. The van der Waals surface area contributed by atoms with Gasteiger partial charge in [-0.1, -0.05) is 24.0 Å². The molecule has 0 aliphatic carbocycles. The van der Waals surface area contributed by atoms with Gasteiger partial charge in [-0.3, -0.25) is 4.79 Å². The summed E-state index contributed by atoms with van der Waals surface area (Å²) in [5.74, 6) is 5.24. The molecule has 1 heterocycles. The van der Waals surface area contributed by atoms with Gasteiger partial charge in [-0.15, -0.1) is 0 Å². The van der Waals surface area contributed by atoms with Crippen LogP contribution >= 0.6 is 0 Å². The van der Waals surface area contributed by atoms with Crippen molar-refractivity contribution in [2.75, 3.05) is 13.2 Å². The van der Waals surface area contributed by atoms with Gasteiger partial charge < -0.3 is 10.1 Å². The average Bonchev–Trinajstić information content (AvgIpc) is 3.13. The van der Waals surface area contributed by atoms with E-state index in [1.165, 1.54) is 6.07 Å². The van der Waals surface area contributed by atoms with Gasteiger partial charge >= 0.3 is 0 Å². The van der Waals surface area contributed by atoms with Gasteiger partial charge in [0.15, 0.2) is 0 Å². The molecule has 2 aromatic carbocycles. The summed E-state index contributed by atoms with van der Waals surface area (Å²) in [6.45, 7) is 1.31. The average molecular weight is 323 g/mol. The Morgan fingerprint density at radius 3 is 2.67 bits per heavy atom. The lowest BCUT2D eigenvalue weighted by Gasteiger charge is -2.10. The van der Waals surface area contributed by atoms with Crippen LogP contribution in [0.3, 0.4) is 0 Å². The Hall–Kier alpha value is -2.64. The monoisotopic (exact) mass is 323 g/mol. The van der Waals surface area contributed by atoms with Crippen LogP contribution in [0.4, 0.5) is 4.39 Å². The normalized spacial score (nSPS) is 16.3. The molecule has 1 aliphatic heterocycles. The molecule has 0 aromatic heterocycles. The molecule has 3 nitrogen and oxygen atoms in total. The second kappa shape index (κ2) is 7.76. The van der Waals surface area contributed by atoms with Gasteiger partial charge in [0.25, 0.3) is 5.91 Å². The largest absolute Gasteiger partial charge is 0.376 e. The van der Waals surface area contributed by atoms with Gasteiger partial charge in [0.05, 0.1) is 11.7 Å². The molecule has 1 amide bonds. The van der Waals surface area contributed by atoms with Crippen molar-refractivity contribution in [3.8, 4) is 11.8 Å². The minimum Gasteiger partial charge on any atom is -0.376 e. The molecule has 1 saturated heterocycles. The van der Waals surface area contributed by atoms with Gasteiger partial charge in [-0.05, 0) is 49.2 Å². The highest BCUT2D eigenvalue weighted by Crippen LogP contribution is 2.11. The van der Waals surface area contributed by atoms with Crippen LogP contribution in [-0.4, -0.2) is 25.2 Å². The highest BCUT2D eigenvalue weighted by molar-refractivity contribution is 5.94. The number of carbonyl (C=O) groups is 1. The number of amides is 1. The number of nitrogens with one attached hydrogen (secondary N) is 1. The van der Waals surface area contributed by atoms with Crippen LogP contribution in [0.1, 0.15) is 34.3 Å². The maximum Gasteiger partial charge on any atom is 0.251 e. The first-order valence-corrected chi connectivity index (χ1v) is 7.99. The third kappa shape index (κ3) is 4.21. The van der Waals surface area contributed by atoms with Crippen LogP contribution in [0.15, 0.2) is 48.5 Å². The molecule has 4 heteroatoms. The fraction of sp³-hybridized carbons (Fsp3) is 0.250. The minimum absolute atomic E-state index is 0.125. The number of hydrogen-bond acceptors (Lipinski definition) is 2. The van der Waals surface area contributed by atoms with E-state index in [0.717, 1.165) is 25.0 Å². The van der Waals surface area contributed by atoms with Gasteiger partial charge in [0, 0.05) is 24.3 Å². The summed E-state index contributed by atoms with van der Waals surface area (Å²) < 4.78 is 19.0. The molecule has 0 bridgehead atoms. The van der Waals surface area contributed by atoms with Crippen molar-refractivity contribution < 1.29 is 13.9 Å². The molecule has 0 spiro atoms. The third-order valence-corrected chi connectivity index (χ3v) is 3.88. The molecule has 1 N–H and O–H groups in total. The van der Waals surface area contributed by atoms with Crippen LogP contribution in [0, 0.1) is 17.7 Å². The molecule has 1 unspecified atom stereocenters. The number of ether oxygens (including phenoxy) is 1.